The number of ether oxygens (including phenoxy) is 1. The zero-order valence-corrected chi connectivity index (χ0v) is 11.9. The first-order valence-electron chi connectivity index (χ1n) is 6.34. The van der Waals surface area contributed by atoms with E-state index in [1.54, 1.807) is 7.11 Å². The molecule has 1 atom stereocenters. The molecule has 0 radical (unpaired) electrons. The summed E-state index contributed by atoms with van der Waals surface area (Å²) in [7, 11) is 1.65. The molecule has 1 amide bonds. The van der Waals surface area contributed by atoms with Gasteiger partial charge in [-0.3, -0.25) is 4.79 Å². The number of rotatable bonds is 4. The molecule has 100 valence electrons. The smallest absolute Gasteiger partial charge is 0.225 e. The Morgan fingerprint density at radius 1 is 1.33 bits per heavy atom. The normalized spacial score (nSPS) is 12.9. The van der Waals surface area contributed by atoms with Crippen molar-refractivity contribution < 1.29 is 9.53 Å². The van der Waals surface area contributed by atoms with Gasteiger partial charge in [-0.25, -0.2) is 0 Å². The number of benzene rings is 1. The van der Waals surface area contributed by atoms with Crippen molar-refractivity contribution in [2.45, 2.75) is 40.2 Å². The zero-order chi connectivity index (χ0) is 13.8. The second-order valence-corrected chi connectivity index (χ2v) is 5.43. The Morgan fingerprint density at radius 2 is 1.94 bits per heavy atom. The van der Waals surface area contributed by atoms with Crippen molar-refractivity contribution in [2.24, 2.45) is 5.41 Å². The van der Waals surface area contributed by atoms with Gasteiger partial charge in [0.25, 0.3) is 0 Å². The molecule has 1 N–H and O–H groups in total. The van der Waals surface area contributed by atoms with Crippen molar-refractivity contribution >= 4 is 5.91 Å². The first kappa shape index (κ1) is 14.6. The molecule has 0 aliphatic carbocycles. The van der Waals surface area contributed by atoms with Crippen LogP contribution in [0.5, 0.6) is 5.75 Å². The number of amides is 1. The largest absolute Gasteiger partial charge is 0.496 e. The summed E-state index contributed by atoms with van der Waals surface area (Å²) in [4.78, 5) is 12.1. The number of hydrogen-bond acceptors (Lipinski definition) is 2. The van der Waals surface area contributed by atoms with E-state index >= 15 is 0 Å². The highest BCUT2D eigenvalue weighted by molar-refractivity contribution is 5.81. The standard InChI is InChI=1S/C15H23NO2/c1-6-12(16-14(17)15(2,3)4)11-9-7-8-10-13(11)18-5/h7-10,12H,6H2,1-5H3,(H,16,17). The maximum atomic E-state index is 12.1. The van der Waals surface area contributed by atoms with Crippen LogP contribution in [0.3, 0.4) is 0 Å². The van der Waals surface area contributed by atoms with Crippen molar-refractivity contribution in [1.29, 1.82) is 0 Å². The van der Waals surface area contributed by atoms with Gasteiger partial charge in [-0.05, 0) is 12.5 Å². The maximum absolute atomic E-state index is 12.1. The summed E-state index contributed by atoms with van der Waals surface area (Å²) in [6.45, 7) is 7.80. The van der Waals surface area contributed by atoms with Gasteiger partial charge in [-0.2, -0.15) is 0 Å². The highest BCUT2D eigenvalue weighted by atomic mass is 16.5. The van der Waals surface area contributed by atoms with E-state index in [9.17, 15) is 4.79 Å². The average Bonchev–Trinajstić information content (AvgIpc) is 2.34. The summed E-state index contributed by atoms with van der Waals surface area (Å²) in [6, 6.07) is 7.80. The van der Waals surface area contributed by atoms with Gasteiger partial charge in [0.15, 0.2) is 0 Å². The van der Waals surface area contributed by atoms with Gasteiger partial charge in [-0.15, -0.1) is 0 Å². The lowest BCUT2D eigenvalue weighted by Gasteiger charge is -2.25. The minimum atomic E-state index is -0.380. The molecule has 1 aromatic carbocycles. The Hall–Kier alpha value is -1.51. The van der Waals surface area contributed by atoms with Gasteiger partial charge in [-0.1, -0.05) is 45.9 Å². The molecule has 0 bridgehead atoms. The molecule has 3 heteroatoms. The van der Waals surface area contributed by atoms with Gasteiger partial charge in [0, 0.05) is 11.0 Å². The van der Waals surface area contributed by atoms with Crippen LogP contribution in [0.1, 0.15) is 45.7 Å². The molecule has 1 rings (SSSR count). The summed E-state index contributed by atoms with van der Waals surface area (Å²) in [6.07, 6.45) is 0.836. The fourth-order valence-corrected chi connectivity index (χ4v) is 1.73. The first-order valence-corrected chi connectivity index (χ1v) is 6.34. The third kappa shape index (κ3) is 3.49. The number of methoxy groups -OCH3 is 1. The molecule has 0 spiro atoms. The van der Waals surface area contributed by atoms with Gasteiger partial charge in [0.05, 0.1) is 13.2 Å². The third-order valence-electron chi connectivity index (χ3n) is 2.91. The van der Waals surface area contributed by atoms with Crippen molar-refractivity contribution in [2.75, 3.05) is 7.11 Å². The van der Waals surface area contributed by atoms with Crippen molar-refractivity contribution in [3.8, 4) is 5.75 Å². The first-order chi connectivity index (χ1) is 8.40. The minimum absolute atomic E-state index is 0.00660. The van der Waals surface area contributed by atoms with E-state index in [2.05, 4.69) is 12.2 Å². The lowest BCUT2D eigenvalue weighted by atomic mass is 9.94. The molecule has 0 aliphatic rings. The zero-order valence-electron chi connectivity index (χ0n) is 11.9. The molecule has 0 aliphatic heterocycles. The molecule has 0 saturated heterocycles. The molecule has 0 heterocycles. The highest BCUT2D eigenvalue weighted by Crippen LogP contribution is 2.28. The van der Waals surface area contributed by atoms with E-state index in [0.717, 1.165) is 17.7 Å². The van der Waals surface area contributed by atoms with Gasteiger partial charge in [0.2, 0.25) is 5.91 Å². The Balaban J connectivity index is 2.93. The van der Waals surface area contributed by atoms with E-state index in [1.165, 1.54) is 0 Å². The third-order valence-corrected chi connectivity index (χ3v) is 2.91. The van der Waals surface area contributed by atoms with Crippen molar-refractivity contribution in [3.63, 3.8) is 0 Å². The SMILES string of the molecule is CCC(NC(=O)C(C)(C)C)c1ccccc1OC. The Bertz CT molecular complexity index is 407. The number of nitrogens with one attached hydrogen (secondary N) is 1. The van der Waals surface area contributed by atoms with Crippen LogP contribution in [-0.4, -0.2) is 13.0 Å². The second-order valence-electron chi connectivity index (χ2n) is 5.43. The van der Waals surface area contributed by atoms with Gasteiger partial charge < -0.3 is 10.1 Å². The minimum Gasteiger partial charge on any atom is -0.496 e. The van der Waals surface area contributed by atoms with Crippen LogP contribution in [0.4, 0.5) is 0 Å². The summed E-state index contributed by atoms with van der Waals surface area (Å²) in [5.74, 6) is 0.874. The topological polar surface area (TPSA) is 38.3 Å². The highest BCUT2D eigenvalue weighted by Gasteiger charge is 2.25. The van der Waals surface area contributed by atoms with E-state index in [0.29, 0.717) is 0 Å². The molecule has 3 nitrogen and oxygen atoms in total. The van der Waals surface area contributed by atoms with Crippen molar-refractivity contribution in [1.82, 2.24) is 5.32 Å². The molecule has 1 unspecified atom stereocenters. The molecule has 18 heavy (non-hydrogen) atoms. The van der Waals surface area contributed by atoms with Crippen LogP contribution in [-0.2, 0) is 4.79 Å². The summed E-state index contributed by atoms with van der Waals surface area (Å²) in [5.41, 5.74) is 0.648. The monoisotopic (exact) mass is 249 g/mol. The fourth-order valence-electron chi connectivity index (χ4n) is 1.73. The van der Waals surface area contributed by atoms with Gasteiger partial charge >= 0.3 is 0 Å². The average molecular weight is 249 g/mol. The molecule has 0 aromatic heterocycles. The van der Waals surface area contributed by atoms with E-state index in [4.69, 9.17) is 4.74 Å². The van der Waals surface area contributed by atoms with E-state index < -0.39 is 0 Å². The number of hydrogen-bond donors (Lipinski definition) is 1. The summed E-state index contributed by atoms with van der Waals surface area (Å²) < 4.78 is 5.34. The van der Waals surface area contributed by atoms with Gasteiger partial charge in [0.1, 0.15) is 5.75 Å². The van der Waals surface area contributed by atoms with Crippen LogP contribution in [0.2, 0.25) is 0 Å². The summed E-state index contributed by atoms with van der Waals surface area (Å²) in [5, 5.41) is 3.08. The van der Waals surface area contributed by atoms with E-state index in [1.807, 2.05) is 45.0 Å². The maximum Gasteiger partial charge on any atom is 0.225 e. The lowest BCUT2D eigenvalue weighted by Crippen LogP contribution is -2.37. The lowest BCUT2D eigenvalue weighted by molar-refractivity contribution is -0.129. The van der Waals surface area contributed by atoms with Crippen LogP contribution < -0.4 is 10.1 Å². The predicted octanol–water partition coefficient (Wildman–Crippen LogP) is 3.31. The molecule has 1 aromatic rings. The van der Waals surface area contributed by atoms with Crippen molar-refractivity contribution in [3.05, 3.63) is 29.8 Å². The number of para-hydroxylation sites is 1. The molecule has 0 fully saturated rings. The molecular formula is C15H23NO2. The van der Waals surface area contributed by atoms with Crippen LogP contribution in [0, 0.1) is 5.41 Å². The van der Waals surface area contributed by atoms with Crippen LogP contribution in [0.25, 0.3) is 0 Å². The summed E-state index contributed by atoms with van der Waals surface area (Å²) >= 11 is 0. The Labute approximate surface area is 110 Å². The fraction of sp³-hybridized carbons (Fsp3) is 0.533. The van der Waals surface area contributed by atoms with E-state index in [-0.39, 0.29) is 17.4 Å². The number of carbonyl (C=O) groups is 1. The molecular weight excluding hydrogens is 226 g/mol. The Morgan fingerprint density at radius 3 is 2.44 bits per heavy atom. The number of carbonyl (C=O) groups excluding carboxylic acids is 1. The predicted molar refractivity (Wildman–Crippen MR) is 73.6 cm³/mol. The van der Waals surface area contributed by atoms with Crippen LogP contribution in [0.15, 0.2) is 24.3 Å². The quantitative estimate of drug-likeness (QED) is 0.889. The molecule has 0 saturated carbocycles. The van der Waals surface area contributed by atoms with Crippen LogP contribution >= 0.6 is 0 Å². The Kier molecular flexibility index (Phi) is 4.76. The second kappa shape index (κ2) is 5.89.